The van der Waals surface area contributed by atoms with E-state index in [1.165, 1.54) is 5.39 Å². The number of amides is 1. The summed E-state index contributed by atoms with van der Waals surface area (Å²) in [5.74, 6) is 0.563. The standard InChI is InChI=1S/C18H21N5O2/c1-12-16(21-23-10-11-25-18(12)23)17(24)19-8-5-9-22-15-7-4-3-6-14(15)13(2)20-22/h3-4,6-7H,5,8-11H2,1-2H3,(H,19,24). The summed E-state index contributed by atoms with van der Waals surface area (Å²) >= 11 is 0. The van der Waals surface area contributed by atoms with Crippen LogP contribution in [0.15, 0.2) is 24.3 Å². The Morgan fingerprint density at radius 1 is 1.28 bits per heavy atom. The number of fused-ring (bicyclic) bond motifs is 2. The van der Waals surface area contributed by atoms with E-state index < -0.39 is 0 Å². The first kappa shape index (κ1) is 15.7. The minimum atomic E-state index is -0.149. The first-order chi connectivity index (χ1) is 12.1. The normalized spacial score (nSPS) is 13.0. The van der Waals surface area contributed by atoms with Crippen LogP contribution in [0.4, 0.5) is 0 Å². The second kappa shape index (κ2) is 6.23. The van der Waals surface area contributed by atoms with Crippen LogP contribution in [0.3, 0.4) is 0 Å². The van der Waals surface area contributed by atoms with Crippen LogP contribution in [-0.2, 0) is 13.1 Å². The lowest BCUT2D eigenvalue weighted by Gasteiger charge is -2.06. The second-order valence-corrected chi connectivity index (χ2v) is 6.29. The van der Waals surface area contributed by atoms with Gasteiger partial charge < -0.3 is 10.1 Å². The van der Waals surface area contributed by atoms with Crippen molar-refractivity contribution in [3.05, 3.63) is 41.2 Å². The molecule has 0 unspecified atom stereocenters. The molecule has 4 rings (SSSR count). The minimum Gasteiger partial charge on any atom is -0.476 e. The Labute approximate surface area is 145 Å². The molecule has 0 atom stereocenters. The third-order valence-electron chi connectivity index (χ3n) is 4.56. The van der Waals surface area contributed by atoms with Crippen molar-refractivity contribution in [3.63, 3.8) is 0 Å². The van der Waals surface area contributed by atoms with Gasteiger partial charge in [-0.15, -0.1) is 0 Å². The number of ether oxygens (including phenoxy) is 1. The number of nitrogens with one attached hydrogen (secondary N) is 1. The molecule has 1 aliphatic rings. The van der Waals surface area contributed by atoms with Gasteiger partial charge in [0.15, 0.2) is 5.69 Å². The maximum absolute atomic E-state index is 12.3. The molecule has 0 spiro atoms. The van der Waals surface area contributed by atoms with Crippen molar-refractivity contribution in [1.82, 2.24) is 24.9 Å². The average molecular weight is 339 g/mol. The summed E-state index contributed by atoms with van der Waals surface area (Å²) in [6.45, 7) is 6.56. The number of carbonyl (C=O) groups excluding carboxylic acids is 1. The highest BCUT2D eigenvalue weighted by Gasteiger charge is 2.24. The number of benzene rings is 1. The van der Waals surface area contributed by atoms with Gasteiger partial charge in [-0.05, 0) is 26.3 Å². The van der Waals surface area contributed by atoms with E-state index in [1.807, 2.05) is 30.7 Å². The first-order valence-electron chi connectivity index (χ1n) is 8.55. The lowest BCUT2D eigenvalue weighted by molar-refractivity contribution is 0.0946. The highest BCUT2D eigenvalue weighted by Crippen LogP contribution is 2.25. The molecule has 1 aliphatic heterocycles. The number of carbonyl (C=O) groups is 1. The number of hydrogen-bond donors (Lipinski definition) is 1. The van der Waals surface area contributed by atoms with Gasteiger partial charge in [-0.25, -0.2) is 4.68 Å². The molecule has 3 aromatic rings. The van der Waals surface area contributed by atoms with Gasteiger partial charge in [0.05, 0.1) is 17.8 Å². The van der Waals surface area contributed by atoms with Crippen LogP contribution in [0, 0.1) is 13.8 Å². The SMILES string of the molecule is Cc1c(C(=O)NCCCn2nc(C)c3ccccc32)nn2c1OCC2. The molecule has 0 radical (unpaired) electrons. The molecule has 0 saturated heterocycles. The second-order valence-electron chi connectivity index (χ2n) is 6.29. The fourth-order valence-electron chi connectivity index (χ4n) is 3.29. The van der Waals surface area contributed by atoms with Gasteiger partial charge in [0, 0.05) is 24.0 Å². The molecule has 1 aromatic carbocycles. The fourth-order valence-corrected chi connectivity index (χ4v) is 3.29. The van der Waals surface area contributed by atoms with E-state index >= 15 is 0 Å². The highest BCUT2D eigenvalue weighted by atomic mass is 16.5. The van der Waals surface area contributed by atoms with Gasteiger partial charge in [-0.1, -0.05) is 18.2 Å². The lowest BCUT2D eigenvalue weighted by Crippen LogP contribution is -2.26. The summed E-state index contributed by atoms with van der Waals surface area (Å²) in [5.41, 5.74) is 3.42. The third-order valence-corrected chi connectivity index (χ3v) is 4.56. The number of aromatic nitrogens is 4. The third kappa shape index (κ3) is 2.75. The van der Waals surface area contributed by atoms with E-state index in [9.17, 15) is 4.79 Å². The van der Waals surface area contributed by atoms with Crippen molar-refractivity contribution in [2.24, 2.45) is 0 Å². The number of rotatable bonds is 5. The van der Waals surface area contributed by atoms with E-state index in [4.69, 9.17) is 4.74 Å². The molecular weight excluding hydrogens is 318 g/mol. The summed E-state index contributed by atoms with van der Waals surface area (Å²) in [6, 6.07) is 8.20. The van der Waals surface area contributed by atoms with Crippen molar-refractivity contribution >= 4 is 16.8 Å². The van der Waals surface area contributed by atoms with Crippen LogP contribution in [0.5, 0.6) is 5.88 Å². The van der Waals surface area contributed by atoms with Gasteiger partial charge in [-0.2, -0.15) is 10.2 Å². The van der Waals surface area contributed by atoms with E-state index in [0.717, 1.165) is 29.7 Å². The van der Waals surface area contributed by atoms with Crippen LogP contribution in [0.25, 0.3) is 10.9 Å². The zero-order valence-electron chi connectivity index (χ0n) is 14.5. The van der Waals surface area contributed by atoms with Crippen molar-refractivity contribution in [1.29, 1.82) is 0 Å². The molecule has 2 aromatic heterocycles. The molecule has 130 valence electrons. The predicted octanol–water partition coefficient (Wildman–Crippen LogP) is 2.06. The fraction of sp³-hybridized carbons (Fsp3) is 0.389. The van der Waals surface area contributed by atoms with Crippen LogP contribution in [0.1, 0.15) is 28.2 Å². The van der Waals surface area contributed by atoms with Crippen molar-refractivity contribution < 1.29 is 9.53 Å². The topological polar surface area (TPSA) is 74.0 Å². The molecule has 1 amide bonds. The Morgan fingerprint density at radius 2 is 2.12 bits per heavy atom. The summed E-state index contributed by atoms with van der Waals surface area (Å²) in [4.78, 5) is 12.3. The molecule has 0 fully saturated rings. The van der Waals surface area contributed by atoms with Crippen LogP contribution >= 0.6 is 0 Å². The Bertz CT molecular complexity index is 940. The highest BCUT2D eigenvalue weighted by molar-refractivity contribution is 5.94. The zero-order valence-corrected chi connectivity index (χ0v) is 14.5. The largest absolute Gasteiger partial charge is 0.476 e. The van der Waals surface area contributed by atoms with E-state index in [0.29, 0.717) is 31.3 Å². The van der Waals surface area contributed by atoms with Gasteiger partial charge in [0.1, 0.15) is 6.61 Å². The van der Waals surface area contributed by atoms with Gasteiger partial charge in [0.25, 0.3) is 5.91 Å². The summed E-state index contributed by atoms with van der Waals surface area (Å²) in [7, 11) is 0. The molecule has 1 N–H and O–H groups in total. The van der Waals surface area contributed by atoms with E-state index in [-0.39, 0.29) is 5.91 Å². The predicted molar refractivity (Wildman–Crippen MR) is 93.9 cm³/mol. The smallest absolute Gasteiger partial charge is 0.272 e. The number of aryl methyl sites for hydroxylation is 2. The summed E-state index contributed by atoms with van der Waals surface area (Å²) in [6.07, 6.45) is 0.806. The molecule has 7 nitrogen and oxygen atoms in total. The van der Waals surface area contributed by atoms with Crippen LogP contribution < -0.4 is 10.1 Å². The molecular formula is C18H21N5O2. The van der Waals surface area contributed by atoms with Gasteiger partial charge in [0.2, 0.25) is 5.88 Å². The van der Waals surface area contributed by atoms with Gasteiger partial charge >= 0.3 is 0 Å². The maximum atomic E-state index is 12.3. The summed E-state index contributed by atoms with van der Waals surface area (Å²) in [5, 5.41) is 13.0. The quantitative estimate of drug-likeness (QED) is 0.722. The van der Waals surface area contributed by atoms with Crippen LogP contribution in [0.2, 0.25) is 0 Å². The Morgan fingerprint density at radius 3 is 2.96 bits per heavy atom. The Hall–Kier alpha value is -2.83. The maximum Gasteiger partial charge on any atom is 0.272 e. The number of para-hydroxylation sites is 1. The lowest BCUT2D eigenvalue weighted by atomic mass is 10.2. The van der Waals surface area contributed by atoms with Crippen LogP contribution in [-0.4, -0.2) is 38.6 Å². The summed E-state index contributed by atoms with van der Waals surface area (Å²) < 4.78 is 9.25. The molecule has 0 bridgehead atoms. The first-order valence-corrected chi connectivity index (χ1v) is 8.55. The molecule has 0 saturated carbocycles. The molecule has 7 heteroatoms. The average Bonchev–Trinajstić information content (AvgIpc) is 3.28. The minimum absolute atomic E-state index is 0.149. The Kier molecular flexibility index (Phi) is 3.91. The number of nitrogens with zero attached hydrogens (tertiary/aromatic N) is 4. The van der Waals surface area contributed by atoms with Crippen molar-refractivity contribution in [2.45, 2.75) is 33.4 Å². The molecule has 3 heterocycles. The zero-order chi connectivity index (χ0) is 17.4. The molecule has 25 heavy (non-hydrogen) atoms. The monoisotopic (exact) mass is 339 g/mol. The van der Waals surface area contributed by atoms with E-state index in [2.05, 4.69) is 27.6 Å². The van der Waals surface area contributed by atoms with E-state index in [1.54, 1.807) is 4.68 Å². The van der Waals surface area contributed by atoms with Crippen molar-refractivity contribution in [3.8, 4) is 5.88 Å². The number of hydrogen-bond acceptors (Lipinski definition) is 4. The molecule has 0 aliphatic carbocycles. The Balaban J connectivity index is 1.36. The van der Waals surface area contributed by atoms with Gasteiger partial charge in [-0.3, -0.25) is 9.48 Å². The van der Waals surface area contributed by atoms with Crippen molar-refractivity contribution in [2.75, 3.05) is 13.2 Å².